The third-order valence-corrected chi connectivity index (χ3v) is 7.91. The van der Waals surface area contributed by atoms with E-state index in [-0.39, 0.29) is 30.6 Å². The van der Waals surface area contributed by atoms with E-state index in [4.69, 9.17) is 9.47 Å². The van der Waals surface area contributed by atoms with E-state index < -0.39 is 59.1 Å². The standard InChI is InChI=1S/C32H38F2N4O6/c1-19(36(6)31(42)43-18-21-10-8-7-9-11-21)29(40)35-28(32(3,4)5)30(41)37-15-14-25-27(37)26(17-38(25)20(2)39)44-22-12-13-23(33)24(34)16-22/h7-13,16-17,19,25,27-28H,14-15,18H2,1-6H3,(H,35,40). The van der Waals surface area contributed by atoms with Gasteiger partial charge in [-0.15, -0.1) is 0 Å². The molecule has 4 rings (SSSR count). The maximum atomic E-state index is 14.1. The molecule has 1 N–H and O–H groups in total. The molecule has 0 bridgehead atoms. The van der Waals surface area contributed by atoms with Gasteiger partial charge in [0.05, 0.1) is 6.04 Å². The van der Waals surface area contributed by atoms with E-state index in [0.717, 1.165) is 22.6 Å². The molecule has 0 spiro atoms. The van der Waals surface area contributed by atoms with Gasteiger partial charge in [0.25, 0.3) is 0 Å². The number of nitrogens with zero attached hydrogens (tertiary/aromatic N) is 3. The highest BCUT2D eigenvalue weighted by molar-refractivity contribution is 5.92. The third-order valence-electron chi connectivity index (χ3n) is 7.91. The fraction of sp³-hybridized carbons (Fsp3) is 0.438. The number of hydrogen-bond donors (Lipinski definition) is 1. The summed E-state index contributed by atoms with van der Waals surface area (Å²) in [4.78, 5) is 56.8. The predicted octanol–water partition coefficient (Wildman–Crippen LogP) is 4.20. The van der Waals surface area contributed by atoms with Crippen molar-refractivity contribution in [3.63, 3.8) is 0 Å². The smallest absolute Gasteiger partial charge is 0.410 e. The van der Waals surface area contributed by atoms with Crippen molar-refractivity contribution < 1.29 is 37.4 Å². The molecule has 4 unspecified atom stereocenters. The van der Waals surface area contributed by atoms with Crippen LogP contribution < -0.4 is 10.1 Å². The number of rotatable bonds is 8. The van der Waals surface area contributed by atoms with Gasteiger partial charge in [0.15, 0.2) is 11.6 Å². The van der Waals surface area contributed by atoms with Crippen LogP contribution in [0.5, 0.6) is 5.75 Å². The van der Waals surface area contributed by atoms with Crippen molar-refractivity contribution in [1.29, 1.82) is 0 Å². The van der Waals surface area contributed by atoms with Gasteiger partial charge >= 0.3 is 6.09 Å². The number of fused-ring (bicyclic) bond motifs is 1. The highest BCUT2D eigenvalue weighted by Crippen LogP contribution is 2.37. The van der Waals surface area contributed by atoms with Crippen LogP contribution in [0.15, 0.2) is 60.5 Å². The number of amides is 4. The van der Waals surface area contributed by atoms with Crippen LogP contribution in [0, 0.1) is 17.0 Å². The molecule has 0 saturated carbocycles. The lowest BCUT2D eigenvalue weighted by Crippen LogP contribution is -2.59. The van der Waals surface area contributed by atoms with Crippen molar-refractivity contribution in [2.75, 3.05) is 13.6 Å². The second-order valence-corrected chi connectivity index (χ2v) is 12.1. The van der Waals surface area contributed by atoms with Gasteiger partial charge < -0.3 is 24.6 Å². The second-order valence-electron chi connectivity index (χ2n) is 12.1. The summed E-state index contributed by atoms with van der Waals surface area (Å²) >= 11 is 0. The molecule has 10 nitrogen and oxygen atoms in total. The lowest BCUT2D eigenvalue weighted by molar-refractivity contribution is -0.141. The molecule has 1 saturated heterocycles. The predicted molar refractivity (Wildman–Crippen MR) is 157 cm³/mol. The van der Waals surface area contributed by atoms with Gasteiger partial charge in [-0.3, -0.25) is 19.3 Å². The van der Waals surface area contributed by atoms with Gasteiger partial charge in [-0.2, -0.15) is 0 Å². The topological polar surface area (TPSA) is 108 Å². The van der Waals surface area contributed by atoms with Crippen LogP contribution in [0.4, 0.5) is 13.6 Å². The zero-order valence-electron chi connectivity index (χ0n) is 25.7. The molecule has 2 aromatic carbocycles. The van der Waals surface area contributed by atoms with Crippen molar-refractivity contribution in [3.8, 4) is 5.75 Å². The fourth-order valence-electron chi connectivity index (χ4n) is 5.29. The zero-order chi connectivity index (χ0) is 32.3. The van der Waals surface area contributed by atoms with Crippen LogP contribution in [0.3, 0.4) is 0 Å². The Morgan fingerprint density at radius 3 is 2.36 bits per heavy atom. The molecule has 12 heteroatoms. The van der Waals surface area contributed by atoms with E-state index in [1.54, 1.807) is 20.8 Å². The number of carbonyl (C=O) groups is 4. The van der Waals surface area contributed by atoms with Crippen molar-refractivity contribution >= 4 is 23.8 Å². The van der Waals surface area contributed by atoms with Gasteiger partial charge in [-0.25, -0.2) is 13.6 Å². The van der Waals surface area contributed by atoms with Crippen LogP contribution in [0.25, 0.3) is 0 Å². The molecule has 2 heterocycles. The molecule has 1 fully saturated rings. The van der Waals surface area contributed by atoms with Gasteiger partial charge in [-0.1, -0.05) is 51.1 Å². The van der Waals surface area contributed by atoms with Crippen LogP contribution in [-0.4, -0.2) is 76.3 Å². The quantitative estimate of drug-likeness (QED) is 0.479. The molecule has 44 heavy (non-hydrogen) atoms. The number of likely N-dealkylation sites (tertiary alicyclic amines) is 1. The lowest BCUT2D eigenvalue weighted by Gasteiger charge is -2.37. The van der Waals surface area contributed by atoms with Crippen LogP contribution >= 0.6 is 0 Å². The van der Waals surface area contributed by atoms with Crippen LogP contribution in [-0.2, 0) is 25.7 Å². The Hall–Kier alpha value is -4.48. The highest BCUT2D eigenvalue weighted by Gasteiger charge is 2.51. The Labute approximate surface area is 255 Å². The molecule has 236 valence electrons. The molecule has 4 atom stereocenters. The van der Waals surface area contributed by atoms with Crippen molar-refractivity contribution in [2.24, 2.45) is 5.41 Å². The molecule has 2 aliphatic rings. The fourth-order valence-corrected chi connectivity index (χ4v) is 5.29. The van der Waals surface area contributed by atoms with E-state index in [9.17, 15) is 28.0 Å². The summed E-state index contributed by atoms with van der Waals surface area (Å²) in [5, 5.41) is 2.82. The monoisotopic (exact) mass is 612 g/mol. The number of carbonyl (C=O) groups excluding carboxylic acids is 4. The van der Waals surface area contributed by atoms with E-state index >= 15 is 0 Å². The normalized spacial score (nSPS) is 19.0. The molecular weight excluding hydrogens is 574 g/mol. The average Bonchev–Trinajstić information content (AvgIpc) is 3.56. The first-order valence-corrected chi connectivity index (χ1v) is 14.4. The zero-order valence-corrected chi connectivity index (χ0v) is 25.7. The van der Waals surface area contributed by atoms with Crippen molar-refractivity contribution in [2.45, 2.75) is 71.8 Å². The summed E-state index contributed by atoms with van der Waals surface area (Å²) in [6.07, 6.45) is 1.21. The first kappa shape index (κ1) is 32.4. The SMILES string of the molecule is CC(=O)N1C=C(Oc2ccc(F)c(F)c2)C2C1CCN2C(=O)C(NC(=O)C(C)N(C)C(=O)OCc1ccccc1)C(C)(C)C. The van der Waals surface area contributed by atoms with E-state index in [2.05, 4.69) is 5.32 Å². The van der Waals surface area contributed by atoms with Gasteiger partial charge in [-0.05, 0) is 36.5 Å². The lowest BCUT2D eigenvalue weighted by atomic mass is 9.85. The summed E-state index contributed by atoms with van der Waals surface area (Å²) < 4.78 is 38.7. The van der Waals surface area contributed by atoms with E-state index in [0.29, 0.717) is 6.42 Å². The molecule has 4 amide bonds. The van der Waals surface area contributed by atoms with Gasteiger partial charge in [0, 0.05) is 32.8 Å². The number of ether oxygens (including phenoxy) is 2. The summed E-state index contributed by atoms with van der Waals surface area (Å²) in [6, 6.07) is 9.08. The number of halogens is 2. The Morgan fingerprint density at radius 1 is 1.07 bits per heavy atom. The summed E-state index contributed by atoms with van der Waals surface area (Å²) in [7, 11) is 1.44. The molecule has 2 aliphatic heterocycles. The minimum atomic E-state index is -1.10. The Morgan fingerprint density at radius 2 is 1.75 bits per heavy atom. The first-order valence-electron chi connectivity index (χ1n) is 14.4. The van der Waals surface area contributed by atoms with E-state index in [1.165, 1.54) is 43.0 Å². The summed E-state index contributed by atoms with van der Waals surface area (Å²) in [5.41, 5.74) is 0.0477. The number of benzene rings is 2. The van der Waals surface area contributed by atoms with Crippen LogP contribution in [0.1, 0.15) is 46.6 Å². The highest BCUT2D eigenvalue weighted by atomic mass is 19.2. The molecule has 0 aromatic heterocycles. The number of likely N-dealkylation sites (N-methyl/N-ethyl adjacent to an activating group) is 1. The molecule has 0 aliphatic carbocycles. The van der Waals surface area contributed by atoms with Crippen LogP contribution in [0.2, 0.25) is 0 Å². The summed E-state index contributed by atoms with van der Waals surface area (Å²) in [6.45, 7) is 8.64. The Balaban J connectivity index is 1.50. The number of nitrogens with one attached hydrogen (secondary N) is 1. The number of hydrogen-bond acceptors (Lipinski definition) is 6. The minimum absolute atomic E-state index is 0.00953. The maximum Gasteiger partial charge on any atom is 0.410 e. The molecule has 2 aromatic rings. The summed E-state index contributed by atoms with van der Waals surface area (Å²) in [5.74, 6) is -3.14. The second kappa shape index (κ2) is 13.0. The maximum absolute atomic E-state index is 14.1. The van der Waals surface area contributed by atoms with Gasteiger partial charge in [0.1, 0.15) is 36.2 Å². The Kier molecular flexibility index (Phi) is 9.60. The largest absolute Gasteiger partial charge is 0.458 e. The average molecular weight is 613 g/mol. The first-order chi connectivity index (χ1) is 20.7. The van der Waals surface area contributed by atoms with Crippen molar-refractivity contribution in [1.82, 2.24) is 20.0 Å². The minimum Gasteiger partial charge on any atom is -0.458 e. The molecule has 0 radical (unpaired) electrons. The van der Waals surface area contributed by atoms with Gasteiger partial charge in [0.2, 0.25) is 17.7 Å². The van der Waals surface area contributed by atoms with Crippen molar-refractivity contribution in [3.05, 3.63) is 77.7 Å². The van der Waals surface area contributed by atoms with E-state index in [1.807, 2.05) is 30.3 Å². The Bertz CT molecular complexity index is 1440. The third kappa shape index (κ3) is 7.00. The molecular formula is C32H38F2N4O6.